The van der Waals surface area contributed by atoms with Crippen molar-refractivity contribution in [3.05, 3.63) is 24.3 Å². The van der Waals surface area contributed by atoms with Crippen LogP contribution in [0.5, 0.6) is 0 Å². The molecule has 0 saturated carbocycles. The van der Waals surface area contributed by atoms with E-state index in [1.807, 2.05) is 31.3 Å². The Kier molecular flexibility index (Phi) is 4.82. The van der Waals surface area contributed by atoms with Gasteiger partial charge in [0.25, 0.3) is 0 Å². The Morgan fingerprint density at radius 1 is 1.29 bits per heavy atom. The highest BCUT2D eigenvalue weighted by atomic mass is 16.2. The van der Waals surface area contributed by atoms with Gasteiger partial charge in [-0.3, -0.25) is 4.79 Å². The lowest BCUT2D eigenvalue weighted by atomic mass is 10.2. The van der Waals surface area contributed by atoms with E-state index in [9.17, 15) is 4.79 Å². The summed E-state index contributed by atoms with van der Waals surface area (Å²) in [7, 11) is 5.57. The second kappa shape index (κ2) is 6.13. The largest absolute Gasteiger partial charge is 0.399 e. The van der Waals surface area contributed by atoms with Crippen molar-refractivity contribution >= 4 is 17.3 Å². The molecule has 1 amide bonds. The number of nitrogen functional groups attached to an aromatic ring is 1. The van der Waals surface area contributed by atoms with E-state index in [1.54, 1.807) is 19.0 Å². The minimum atomic E-state index is 0.172. The van der Waals surface area contributed by atoms with Gasteiger partial charge in [-0.2, -0.15) is 0 Å². The van der Waals surface area contributed by atoms with Crippen LogP contribution in [0.1, 0.15) is 12.8 Å². The third kappa shape index (κ3) is 4.34. The van der Waals surface area contributed by atoms with Crippen LogP contribution in [0.15, 0.2) is 24.3 Å². The fraction of sp³-hybridized carbons (Fsp3) is 0.462. The number of hydrogen-bond donors (Lipinski definition) is 1. The summed E-state index contributed by atoms with van der Waals surface area (Å²) in [6.07, 6.45) is 1.43. The Morgan fingerprint density at radius 3 is 2.59 bits per heavy atom. The molecule has 0 aliphatic carbocycles. The number of carbonyl (C=O) groups is 1. The maximum atomic E-state index is 11.4. The monoisotopic (exact) mass is 235 g/mol. The highest BCUT2D eigenvalue weighted by Gasteiger charge is 2.05. The number of benzene rings is 1. The number of anilines is 2. The van der Waals surface area contributed by atoms with Gasteiger partial charge in [0.2, 0.25) is 5.91 Å². The van der Waals surface area contributed by atoms with Crippen molar-refractivity contribution in [2.24, 2.45) is 0 Å². The summed E-state index contributed by atoms with van der Waals surface area (Å²) >= 11 is 0. The van der Waals surface area contributed by atoms with E-state index >= 15 is 0 Å². The molecule has 1 rings (SSSR count). The van der Waals surface area contributed by atoms with Crippen molar-refractivity contribution < 1.29 is 4.79 Å². The predicted molar refractivity (Wildman–Crippen MR) is 72.1 cm³/mol. The smallest absolute Gasteiger partial charge is 0.222 e. The first-order valence-corrected chi connectivity index (χ1v) is 5.77. The maximum absolute atomic E-state index is 11.4. The Bertz CT molecular complexity index is 377. The van der Waals surface area contributed by atoms with Crippen LogP contribution in [0.4, 0.5) is 11.4 Å². The van der Waals surface area contributed by atoms with E-state index < -0.39 is 0 Å². The van der Waals surface area contributed by atoms with Gasteiger partial charge < -0.3 is 15.5 Å². The first-order chi connectivity index (χ1) is 8.00. The summed E-state index contributed by atoms with van der Waals surface area (Å²) in [6.45, 7) is 0.850. The molecule has 0 heterocycles. The summed E-state index contributed by atoms with van der Waals surface area (Å²) < 4.78 is 0. The Morgan fingerprint density at radius 2 is 2.00 bits per heavy atom. The van der Waals surface area contributed by atoms with Crippen molar-refractivity contribution in [2.45, 2.75) is 12.8 Å². The average molecular weight is 235 g/mol. The average Bonchev–Trinajstić information content (AvgIpc) is 2.28. The standard InChI is InChI=1S/C13H21N3O/c1-15(2)13(17)8-5-9-16(3)12-7-4-6-11(14)10-12/h4,6-7,10H,5,8-9,14H2,1-3H3. The van der Waals surface area contributed by atoms with Crippen molar-refractivity contribution in [2.75, 3.05) is 38.3 Å². The van der Waals surface area contributed by atoms with Gasteiger partial charge in [-0.15, -0.1) is 0 Å². The number of hydrogen-bond acceptors (Lipinski definition) is 3. The molecular weight excluding hydrogens is 214 g/mol. The second-order valence-corrected chi connectivity index (χ2v) is 4.41. The van der Waals surface area contributed by atoms with E-state index in [0.717, 1.165) is 24.3 Å². The van der Waals surface area contributed by atoms with Crippen LogP contribution in [0.25, 0.3) is 0 Å². The molecule has 4 heteroatoms. The Balaban J connectivity index is 2.40. The lowest BCUT2D eigenvalue weighted by molar-refractivity contribution is -0.128. The molecule has 1 aromatic rings. The number of nitrogens with two attached hydrogens (primary N) is 1. The first-order valence-electron chi connectivity index (χ1n) is 5.77. The first kappa shape index (κ1) is 13.4. The molecule has 0 spiro atoms. The summed E-state index contributed by atoms with van der Waals surface area (Å²) in [6, 6.07) is 7.76. The maximum Gasteiger partial charge on any atom is 0.222 e. The predicted octanol–water partition coefficient (Wildman–Crippen LogP) is 1.57. The zero-order valence-electron chi connectivity index (χ0n) is 10.8. The Labute approximate surface area is 103 Å². The van der Waals surface area contributed by atoms with Crippen LogP contribution in [0.3, 0.4) is 0 Å². The zero-order chi connectivity index (χ0) is 12.8. The van der Waals surface area contributed by atoms with E-state index in [2.05, 4.69) is 4.90 Å². The van der Waals surface area contributed by atoms with E-state index in [0.29, 0.717) is 6.42 Å². The summed E-state index contributed by atoms with van der Waals surface area (Å²) in [5.74, 6) is 0.172. The van der Waals surface area contributed by atoms with Gasteiger partial charge in [-0.05, 0) is 24.6 Å². The van der Waals surface area contributed by atoms with Crippen molar-refractivity contribution in [1.29, 1.82) is 0 Å². The highest BCUT2D eigenvalue weighted by molar-refractivity contribution is 5.75. The molecule has 0 aliphatic heterocycles. The fourth-order valence-electron chi connectivity index (χ4n) is 1.58. The van der Waals surface area contributed by atoms with E-state index in [-0.39, 0.29) is 5.91 Å². The molecule has 0 fully saturated rings. The number of nitrogens with zero attached hydrogens (tertiary/aromatic N) is 2. The van der Waals surface area contributed by atoms with Crippen LogP contribution in [0, 0.1) is 0 Å². The molecule has 0 bridgehead atoms. The van der Waals surface area contributed by atoms with Gasteiger partial charge in [-0.25, -0.2) is 0 Å². The number of amides is 1. The fourth-order valence-corrected chi connectivity index (χ4v) is 1.58. The van der Waals surface area contributed by atoms with E-state index in [1.165, 1.54) is 0 Å². The Hall–Kier alpha value is -1.71. The zero-order valence-corrected chi connectivity index (χ0v) is 10.8. The van der Waals surface area contributed by atoms with Gasteiger partial charge in [0.1, 0.15) is 0 Å². The third-order valence-corrected chi connectivity index (χ3v) is 2.69. The molecule has 0 saturated heterocycles. The van der Waals surface area contributed by atoms with Crippen LogP contribution in [-0.2, 0) is 4.79 Å². The van der Waals surface area contributed by atoms with Crippen LogP contribution in [-0.4, -0.2) is 38.5 Å². The topological polar surface area (TPSA) is 49.6 Å². The molecule has 2 N–H and O–H groups in total. The molecular formula is C13H21N3O. The van der Waals surface area contributed by atoms with E-state index in [4.69, 9.17) is 5.73 Å². The molecule has 0 aromatic heterocycles. The van der Waals surface area contributed by atoms with Gasteiger partial charge in [0.15, 0.2) is 0 Å². The molecule has 1 aromatic carbocycles. The summed E-state index contributed by atoms with van der Waals surface area (Å²) in [5, 5.41) is 0. The van der Waals surface area contributed by atoms with Gasteiger partial charge in [0, 0.05) is 45.5 Å². The summed E-state index contributed by atoms with van der Waals surface area (Å²) in [5.41, 5.74) is 7.57. The lowest BCUT2D eigenvalue weighted by Crippen LogP contribution is -2.24. The number of rotatable bonds is 5. The molecule has 17 heavy (non-hydrogen) atoms. The molecule has 0 aliphatic rings. The molecule has 0 unspecified atom stereocenters. The lowest BCUT2D eigenvalue weighted by Gasteiger charge is -2.20. The van der Waals surface area contributed by atoms with Crippen molar-refractivity contribution in [1.82, 2.24) is 4.90 Å². The minimum absolute atomic E-state index is 0.172. The number of carbonyl (C=O) groups excluding carboxylic acids is 1. The third-order valence-electron chi connectivity index (χ3n) is 2.69. The quantitative estimate of drug-likeness (QED) is 0.788. The molecule has 0 radical (unpaired) electrons. The van der Waals surface area contributed by atoms with Crippen LogP contribution >= 0.6 is 0 Å². The van der Waals surface area contributed by atoms with Crippen molar-refractivity contribution in [3.8, 4) is 0 Å². The van der Waals surface area contributed by atoms with Gasteiger partial charge in [-0.1, -0.05) is 6.07 Å². The van der Waals surface area contributed by atoms with Gasteiger partial charge >= 0.3 is 0 Å². The highest BCUT2D eigenvalue weighted by Crippen LogP contribution is 2.16. The van der Waals surface area contributed by atoms with Gasteiger partial charge in [0.05, 0.1) is 0 Å². The normalized spacial score (nSPS) is 10.1. The molecule has 94 valence electrons. The molecule has 0 atom stereocenters. The van der Waals surface area contributed by atoms with Crippen molar-refractivity contribution in [3.63, 3.8) is 0 Å². The second-order valence-electron chi connectivity index (χ2n) is 4.41. The van der Waals surface area contributed by atoms with Crippen LogP contribution < -0.4 is 10.6 Å². The SMILES string of the molecule is CN(C)C(=O)CCCN(C)c1cccc(N)c1. The molecule has 4 nitrogen and oxygen atoms in total. The van der Waals surface area contributed by atoms with Crippen LogP contribution in [0.2, 0.25) is 0 Å². The minimum Gasteiger partial charge on any atom is -0.399 e. The summed E-state index contributed by atoms with van der Waals surface area (Å²) in [4.78, 5) is 15.1.